The molecule has 1 aliphatic heterocycles. The van der Waals surface area contributed by atoms with E-state index in [-0.39, 0.29) is 13.0 Å². The minimum Gasteiger partial charge on any atom is -0.457 e. The summed E-state index contributed by atoms with van der Waals surface area (Å²) in [5, 5.41) is -0.698. The Kier molecular flexibility index (Phi) is 7.03. The Bertz CT molecular complexity index is 1000. The molecule has 2 atom stereocenters. The average molecular weight is 449 g/mol. The van der Waals surface area contributed by atoms with Gasteiger partial charge in [-0.3, -0.25) is 8.98 Å². The lowest BCUT2D eigenvalue weighted by Crippen LogP contribution is -2.43. The highest BCUT2D eigenvalue weighted by molar-refractivity contribution is 7.87. The molecule has 7 nitrogen and oxygen atoms in total. The second-order valence-electron chi connectivity index (χ2n) is 8.27. The lowest BCUT2D eigenvalue weighted by molar-refractivity contribution is -0.179. The van der Waals surface area contributed by atoms with Crippen LogP contribution < -0.4 is 4.74 Å². The zero-order valence-corrected chi connectivity index (χ0v) is 18.9. The minimum absolute atomic E-state index is 0.0163. The van der Waals surface area contributed by atoms with Crippen molar-refractivity contribution in [2.24, 2.45) is 5.92 Å². The third-order valence-electron chi connectivity index (χ3n) is 5.06. The second kappa shape index (κ2) is 9.38. The van der Waals surface area contributed by atoms with E-state index in [2.05, 4.69) is 0 Å². The molecule has 1 aliphatic rings. The third kappa shape index (κ3) is 6.06. The number of carbonyl (C=O) groups excluding carboxylic acids is 1. The Morgan fingerprint density at radius 3 is 2.42 bits per heavy atom. The van der Waals surface area contributed by atoms with Gasteiger partial charge < -0.3 is 14.2 Å². The first-order valence-electron chi connectivity index (χ1n) is 10.1. The van der Waals surface area contributed by atoms with Gasteiger partial charge in [-0.1, -0.05) is 30.3 Å². The molecule has 2 unspecified atom stereocenters. The van der Waals surface area contributed by atoms with Crippen molar-refractivity contribution in [2.45, 2.75) is 57.9 Å². The molecule has 0 spiro atoms. The fourth-order valence-electron chi connectivity index (χ4n) is 3.22. The molecule has 0 radical (unpaired) electrons. The SMILES string of the molecule is CC(C)S(=O)(=O)OC(C)(C)C1CC(=O)OC1OCc1cccc(Oc2ccccc2)c1. The summed E-state index contributed by atoms with van der Waals surface area (Å²) < 4.78 is 47.0. The Morgan fingerprint density at radius 2 is 1.74 bits per heavy atom. The van der Waals surface area contributed by atoms with Crippen LogP contribution in [0.3, 0.4) is 0 Å². The molecule has 8 heteroatoms. The normalized spacial score (nSPS) is 19.5. The lowest BCUT2D eigenvalue weighted by Gasteiger charge is -2.33. The standard InChI is InChI=1S/C23H28O7S/c1-16(2)31(25,26)30-23(3,4)20-14-21(24)29-22(20)27-15-17-9-8-12-19(13-17)28-18-10-6-5-7-11-18/h5-13,16,20,22H,14-15H2,1-4H3. The number of cyclic esters (lactones) is 1. The molecule has 0 aliphatic carbocycles. The maximum absolute atomic E-state index is 12.3. The van der Waals surface area contributed by atoms with Crippen LogP contribution in [0.2, 0.25) is 0 Å². The lowest BCUT2D eigenvalue weighted by atomic mass is 9.89. The molecule has 0 bridgehead atoms. The van der Waals surface area contributed by atoms with Gasteiger partial charge in [0.15, 0.2) is 0 Å². The monoisotopic (exact) mass is 448 g/mol. The molecular weight excluding hydrogens is 420 g/mol. The van der Waals surface area contributed by atoms with Crippen LogP contribution in [0, 0.1) is 5.92 Å². The van der Waals surface area contributed by atoms with Crippen molar-refractivity contribution in [1.29, 1.82) is 0 Å². The molecule has 1 fully saturated rings. The topological polar surface area (TPSA) is 88.1 Å². The van der Waals surface area contributed by atoms with Gasteiger partial charge in [-0.15, -0.1) is 0 Å². The molecule has 0 N–H and O–H groups in total. The molecule has 2 aromatic rings. The fraction of sp³-hybridized carbons (Fsp3) is 0.435. The summed E-state index contributed by atoms with van der Waals surface area (Å²) in [6, 6.07) is 16.8. The van der Waals surface area contributed by atoms with Crippen molar-refractivity contribution in [3.63, 3.8) is 0 Å². The number of benzene rings is 2. The van der Waals surface area contributed by atoms with Gasteiger partial charge in [-0.25, -0.2) is 0 Å². The first kappa shape index (κ1) is 23.2. The predicted octanol–water partition coefficient (Wildman–Crippen LogP) is 4.42. The number of ether oxygens (including phenoxy) is 3. The summed E-state index contributed by atoms with van der Waals surface area (Å²) in [4.78, 5) is 12.0. The van der Waals surface area contributed by atoms with E-state index >= 15 is 0 Å². The second-order valence-corrected chi connectivity index (χ2v) is 10.4. The van der Waals surface area contributed by atoms with E-state index in [0.29, 0.717) is 5.75 Å². The third-order valence-corrected chi connectivity index (χ3v) is 6.87. The molecule has 1 heterocycles. The Hall–Kier alpha value is -2.42. The van der Waals surface area contributed by atoms with Gasteiger partial charge in [-0.05, 0) is 57.5 Å². The molecule has 2 aromatic carbocycles. The van der Waals surface area contributed by atoms with Gasteiger partial charge in [0.2, 0.25) is 6.29 Å². The molecule has 0 aromatic heterocycles. The van der Waals surface area contributed by atoms with Crippen LogP contribution in [-0.2, 0) is 35.2 Å². The van der Waals surface area contributed by atoms with Gasteiger partial charge in [0, 0.05) is 0 Å². The van der Waals surface area contributed by atoms with Crippen molar-refractivity contribution in [2.75, 3.05) is 0 Å². The number of hydrogen-bond donors (Lipinski definition) is 0. The molecule has 3 rings (SSSR count). The van der Waals surface area contributed by atoms with Gasteiger partial charge in [0.05, 0.1) is 29.8 Å². The fourth-order valence-corrected chi connectivity index (χ4v) is 4.13. The highest BCUT2D eigenvalue weighted by Gasteiger charge is 2.48. The number of esters is 1. The number of para-hydroxylation sites is 1. The van der Waals surface area contributed by atoms with E-state index in [0.717, 1.165) is 11.3 Å². The average Bonchev–Trinajstić information content (AvgIpc) is 3.08. The largest absolute Gasteiger partial charge is 0.457 e. The maximum atomic E-state index is 12.3. The van der Waals surface area contributed by atoms with E-state index in [4.69, 9.17) is 18.4 Å². The zero-order chi connectivity index (χ0) is 22.6. The van der Waals surface area contributed by atoms with Crippen molar-refractivity contribution in [3.8, 4) is 11.5 Å². The Labute approximate surface area is 183 Å². The van der Waals surface area contributed by atoms with Gasteiger partial charge in [0.1, 0.15) is 11.5 Å². The van der Waals surface area contributed by atoms with E-state index in [1.807, 2.05) is 54.6 Å². The smallest absolute Gasteiger partial charge is 0.308 e. The van der Waals surface area contributed by atoms with Gasteiger partial charge >= 0.3 is 5.97 Å². The summed E-state index contributed by atoms with van der Waals surface area (Å²) in [5.74, 6) is 0.349. The molecule has 0 amide bonds. The van der Waals surface area contributed by atoms with E-state index in [1.54, 1.807) is 27.7 Å². The molecular formula is C23H28O7S. The van der Waals surface area contributed by atoms with Crippen molar-refractivity contribution in [3.05, 3.63) is 60.2 Å². The molecule has 1 saturated heterocycles. The van der Waals surface area contributed by atoms with Crippen molar-refractivity contribution in [1.82, 2.24) is 0 Å². The number of hydrogen-bond acceptors (Lipinski definition) is 7. The van der Waals surface area contributed by atoms with Crippen LogP contribution in [-0.4, -0.2) is 31.5 Å². The summed E-state index contributed by atoms with van der Waals surface area (Å²) in [6.07, 6.45) is -0.897. The van der Waals surface area contributed by atoms with Gasteiger partial charge in [0.25, 0.3) is 10.1 Å². The highest BCUT2D eigenvalue weighted by Crippen LogP contribution is 2.37. The van der Waals surface area contributed by atoms with Gasteiger partial charge in [-0.2, -0.15) is 8.42 Å². The first-order chi connectivity index (χ1) is 14.6. The predicted molar refractivity (Wildman–Crippen MR) is 115 cm³/mol. The minimum atomic E-state index is -3.78. The van der Waals surface area contributed by atoms with Crippen LogP contribution in [0.5, 0.6) is 11.5 Å². The summed E-state index contributed by atoms with van der Waals surface area (Å²) in [7, 11) is -3.78. The quantitative estimate of drug-likeness (QED) is 0.414. The first-order valence-corrected chi connectivity index (χ1v) is 11.6. The van der Waals surface area contributed by atoms with Crippen molar-refractivity contribution >= 4 is 16.1 Å². The molecule has 0 saturated carbocycles. The summed E-state index contributed by atoms with van der Waals surface area (Å²) in [6.45, 7) is 6.50. The Morgan fingerprint density at radius 1 is 1.06 bits per heavy atom. The summed E-state index contributed by atoms with van der Waals surface area (Å²) >= 11 is 0. The number of rotatable bonds is 9. The van der Waals surface area contributed by atoms with Crippen LogP contribution in [0.1, 0.15) is 39.7 Å². The van der Waals surface area contributed by atoms with E-state index < -0.39 is 39.1 Å². The van der Waals surface area contributed by atoms with Crippen LogP contribution in [0.4, 0.5) is 0 Å². The van der Waals surface area contributed by atoms with Crippen LogP contribution in [0.15, 0.2) is 54.6 Å². The molecule has 31 heavy (non-hydrogen) atoms. The van der Waals surface area contributed by atoms with E-state index in [9.17, 15) is 13.2 Å². The Balaban J connectivity index is 1.67. The molecule has 168 valence electrons. The van der Waals surface area contributed by atoms with Crippen LogP contribution in [0.25, 0.3) is 0 Å². The number of carbonyl (C=O) groups is 1. The highest BCUT2D eigenvalue weighted by atomic mass is 32.2. The maximum Gasteiger partial charge on any atom is 0.308 e. The summed E-state index contributed by atoms with van der Waals surface area (Å²) in [5.41, 5.74) is -0.346. The van der Waals surface area contributed by atoms with E-state index in [1.165, 1.54) is 0 Å². The zero-order valence-electron chi connectivity index (χ0n) is 18.1. The van der Waals surface area contributed by atoms with Crippen molar-refractivity contribution < 1.29 is 31.6 Å². The van der Waals surface area contributed by atoms with Crippen LogP contribution >= 0.6 is 0 Å².